The van der Waals surface area contributed by atoms with E-state index < -0.39 is 5.41 Å². The monoisotopic (exact) mass is 286 g/mol. The smallest absolute Gasteiger partial charge is 0.312 e. The molecule has 1 N–H and O–H groups in total. The Bertz CT molecular complexity index is 697. The highest BCUT2D eigenvalue weighted by atomic mass is 16.5. The van der Waals surface area contributed by atoms with Crippen LogP contribution < -0.4 is 5.32 Å². The first-order valence-corrected chi connectivity index (χ1v) is 6.63. The fourth-order valence-electron chi connectivity index (χ4n) is 2.08. The number of nitrogens with zero attached hydrogens (tertiary/aromatic N) is 3. The first kappa shape index (κ1) is 15.0. The normalized spacial score (nSPS) is 11.3. The van der Waals surface area contributed by atoms with Crippen LogP contribution in [0.5, 0.6) is 0 Å². The van der Waals surface area contributed by atoms with Crippen LogP contribution in [-0.2, 0) is 16.1 Å². The first-order chi connectivity index (χ1) is 9.97. The number of methoxy groups -OCH3 is 1. The molecule has 0 radical (unpaired) electrons. The van der Waals surface area contributed by atoms with E-state index in [-0.39, 0.29) is 5.97 Å². The van der Waals surface area contributed by atoms with Gasteiger partial charge in [0.2, 0.25) is 0 Å². The van der Waals surface area contributed by atoms with Gasteiger partial charge in [-0.15, -0.1) is 0 Å². The highest BCUT2D eigenvalue weighted by Crippen LogP contribution is 2.16. The number of esters is 1. The fraction of sp³-hybridized carbons (Fsp3) is 0.400. The number of pyridine rings is 1. The Morgan fingerprint density at radius 3 is 2.95 bits per heavy atom. The fourth-order valence-corrected chi connectivity index (χ4v) is 2.08. The van der Waals surface area contributed by atoms with Crippen LogP contribution in [-0.4, -0.2) is 29.0 Å². The third kappa shape index (κ3) is 3.20. The van der Waals surface area contributed by atoms with Crippen LogP contribution in [0.1, 0.15) is 25.1 Å². The second kappa shape index (κ2) is 5.94. The molecule has 0 aromatic carbocycles. The van der Waals surface area contributed by atoms with Crippen molar-refractivity contribution in [2.24, 2.45) is 5.41 Å². The van der Waals surface area contributed by atoms with Gasteiger partial charge in [0.05, 0.1) is 30.0 Å². The zero-order chi connectivity index (χ0) is 15.5. The summed E-state index contributed by atoms with van der Waals surface area (Å²) in [5.41, 5.74) is 1.71. The van der Waals surface area contributed by atoms with Crippen LogP contribution in [0.2, 0.25) is 0 Å². The number of carbonyl (C=O) groups excluding carboxylic acids is 1. The molecule has 0 aliphatic carbocycles. The summed E-state index contributed by atoms with van der Waals surface area (Å²) in [7, 11) is 1.39. The second-order valence-corrected chi connectivity index (χ2v) is 5.49. The van der Waals surface area contributed by atoms with Crippen molar-refractivity contribution >= 4 is 11.6 Å². The summed E-state index contributed by atoms with van der Waals surface area (Å²) in [5, 5.41) is 12.2. The number of nitriles is 1. The summed E-state index contributed by atoms with van der Waals surface area (Å²) in [4.78, 5) is 15.9. The van der Waals surface area contributed by atoms with Crippen molar-refractivity contribution in [3.63, 3.8) is 0 Å². The van der Waals surface area contributed by atoms with E-state index in [0.717, 1.165) is 11.3 Å². The molecule has 110 valence electrons. The average Bonchev–Trinajstić information content (AvgIpc) is 2.88. The summed E-state index contributed by atoms with van der Waals surface area (Å²) < 4.78 is 6.64. The van der Waals surface area contributed by atoms with Gasteiger partial charge in [0.25, 0.3) is 0 Å². The third-order valence-electron chi connectivity index (χ3n) is 3.32. The molecule has 2 aromatic heterocycles. The zero-order valence-electron chi connectivity index (χ0n) is 12.4. The predicted octanol–water partition coefficient (Wildman–Crippen LogP) is 1.49. The Kier molecular flexibility index (Phi) is 4.24. The van der Waals surface area contributed by atoms with E-state index in [4.69, 9.17) is 10.00 Å². The van der Waals surface area contributed by atoms with Crippen LogP contribution in [0.15, 0.2) is 24.5 Å². The molecule has 21 heavy (non-hydrogen) atoms. The molecule has 2 heterocycles. The van der Waals surface area contributed by atoms with E-state index in [2.05, 4.69) is 16.4 Å². The molecule has 0 amide bonds. The van der Waals surface area contributed by atoms with Gasteiger partial charge in [0.15, 0.2) is 0 Å². The zero-order valence-corrected chi connectivity index (χ0v) is 12.4. The number of ether oxygens (including phenoxy) is 1. The molecule has 0 aliphatic heterocycles. The quantitative estimate of drug-likeness (QED) is 0.842. The summed E-state index contributed by atoms with van der Waals surface area (Å²) in [6.07, 6.45) is 3.51. The molecule has 0 bridgehead atoms. The molecule has 0 saturated heterocycles. The SMILES string of the molecule is COC(=O)C(C)(C)CNCc1cnc2ccc(C#N)cn12. The number of nitrogens with one attached hydrogen (secondary N) is 1. The Morgan fingerprint density at radius 1 is 1.52 bits per heavy atom. The second-order valence-electron chi connectivity index (χ2n) is 5.49. The molecule has 6 nitrogen and oxygen atoms in total. The van der Waals surface area contributed by atoms with Crippen molar-refractivity contribution in [1.29, 1.82) is 5.26 Å². The van der Waals surface area contributed by atoms with Gasteiger partial charge in [-0.3, -0.25) is 4.79 Å². The minimum Gasteiger partial charge on any atom is -0.469 e. The molecule has 6 heteroatoms. The van der Waals surface area contributed by atoms with E-state index >= 15 is 0 Å². The number of imidazole rings is 1. The maximum atomic E-state index is 11.6. The van der Waals surface area contributed by atoms with Gasteiger partial charge in [0.1, 0.15) is 11.7 Å². The Morgan fingerprint density at radius 2 is 2.29 bits per heavy atom. The lowest BCUT2D eigenvalue weighted by Crippen LogP contribution is -2.36. The number of carbonyl (C=O) groups is 1. The molecule has 0 spiro atoms. The van der Waals surface area contributed by atoms with Crippen LogP contribution in [0, 0.1) is 16.7 Å². The van der Waals surface area contributed by atoms with Crippen LogP contribution >= 0.6 is 0 Å². The maximum Gasteiger partial charge on any atom is 0.312 e. The van der Waals surface area contributed by atoms with Gasteiger partial charge < -0.3 is 14.5 Å². The summed E-state index contributed by atoms with van der Waals surface area (Å²) >= 11 is 0. The number of aromatic nitrogens is 2. The summed E-state index contributed by atoms with van der Waals surface area (Å²) in [6.45, 7) is 4.70. The molecular weight excluding hydrogens is 268 g/mol. The maximum absolute atomic E-state index is 11.6. The largest absolute Gasteiger partial charge is 0.469 e. The summed E-state index contributed by atoms with van der Waals surface area (Å²) in [5.74, 6) is -0.250. The van der Waals surface area contributed by atoms with Gasteiger partial charge in [-0.1, -0.05) is 0 Å². The molecule has 0 aliphatic rings. The number of hydrogen-bond donors (Lipinski definition) is 1. The van der Waals surface area contributed by atoms with Gasteiger partial charge >= 0.3 is 5.97 Å². The Hall–Kier alpha value is -2.39. The molecule has 2 aromatic rings. The Labute approximate surface area is 123 Å². The minimum absolute atomic E-state index is 0.250. The van der Waals surface area contributed by atoms with E-state index in [9.17, 15) is 4.79 Å². The van der Waals surface area contributed by atoms with E-state index in [1.165, 1.54) is 7.11 Å². The van der Waals surface area contributed by atoms with Crippen molar-refractivity contribution in [1.82, 2.24) is 14.7 Å². The molecule has 0 atom stereocenters. The molecular formula is C15H18N4O2. The van der Waals surface area contributed by atoms with E-state index in [0.29, 0.717) is 18.7 Å². The predicted molar refractivity (Wildman–Crippen MR) is 77.4 cm³/mol. The molecule has 0 fully saturated rings. The average molecular weight is 286 g/mol. The lowest BCUT2D eigenvalue weighted by molar-refractivity contribution is -0.150. The number of rotatable bonds is 5. The van der Waals surface area contributed by atoms with Crippen molar-refractivity contribution in [2.45, 2.75) is 20.4 Å². The van der Waals surface area contributed by atoms with Gasteiger partial charge in [-0.25, -0.2) is 4.98 Å². The van der Waals surface area contributed by atoms with Crippen molar-refractivity contribution in [3.8, 4) is 6.07 Å². The van der Waals surface area contributed by atoms with Crippen LogP contribution in [0.25, 0.3) is 5.65 Å². The number of hydrogen-bond acceptors (Lipinski definition) is 5. The van der Waals surface area contributed by atoms with E-state index in [1.54, 1.807) is 24.5 Å². The lowest BCUT2D eigenvalue weighted by Gasteiger charge is -2.21. The number of fused-ring (bicyclic) bond motifs is 1. The topological polar surface area (TPSA) is 79.4 Å². The van der Waals surface area contributed by atoms with Gasteiger partial charge in [-0.05, 0) is 26.0 Å². The molecule has 0 unspecified atom stereocenters. The summed E-state index contributed by atoms with van der Waals surface area (Å²) in [6, 6.07) is 5.65. The highest BCUT2D eigenvalue weighted by molar-refractivity contribution is 5.76. The molecule has 2 rings (SSSR count). The minimum atomic E-state index is -0.590. The van der Waals surface area contributed by atoms with Crippen molar-refractivity contribution < 1.29 is 9.53 Å². The molecule has 0 saturated carbocycles. The van der Waals surface area contributed by atoms with Gasteiger partial charge in [0, 0.05) is 19.3 Å². The van der Waals surface area contributed by atoms with Crippen LogP contribution in [0.4, 0.5) is 0 Å². The first-order valence-electron chi connectivity index (χ1n) is 6.63. The Balaban J connectivity index is 2.07. The lowest BCUT2D eigenvalue weighted by atomic mass is 9.94. The van der Waals surface area contributed by atoms with Crippen molar-refractivity contribution in [3.05, 3.63) is 35.8 Å². The highest BCUT2D eigenvalue weighted by Gasteiger charge is 2.28. The van der Waals surface area contributed by atoms with Crippen LogP contribution in [0.3, 0.4) is 0 Å². The van der Waals surface area contributed by atoms with Gasteiger partial charge in [-0.2, -0.15) is 5.26 Å². The standard InChI is InChI=1S/C15H18N4O2/c1-15(2,14(20)21-3)10-17-7-12-8-18-13-5-4-11(6-16)9-19(12)13/h4-5,8-9,17H,7,10H2,1-3H3. The van der Waals surface area contributed by atoms with Crippen molar-refractivity contribution in [2.75, 3.05) is 13.7 Å². The third-order valence-corrected chi connectivity index (χ3v) is 3.32. The van der Waals surface area contributed by atoms with E-state index in [1.807, 2.05) is 18.2 Å².